The SMILES string of the molecule is COc1ccc(S(=O)(=O)N2CCC[C@@H](C)C2)cc1N1CCN(C(=O)c2ccc(Cl)c(Cl)c2)CC1. The van der Waals surface area contributed by atoms with E-state index in [2.05, 4.69) is 11.8 Å². The number of piperidine rings is 1. The number of hydrogen-bond donors (Lipinski definition) is 0. The average molecular weight is 526 g/mol. The summed E-state index contributed by atoms with van der Waals surface area (Å²) >= 11 is 12.0. The summed E-state index contributed by atoms with van der Waals surface area (Å²) in [6.07, 6.45) is 1.92. The van der Waals surface area contributed by atoms with Crippen molar-refractivity contribution in [3.05, 3.63) is 52.0 Å². The predicted molar refractivity (Wildman–Crippen MR) is 135 cm³/mol. The van der Waals surface area contributed by atoms with Gasteiger partial charge >= 0.3 is 0 Å². The average Bonchev–Trinajstić information content (AvgIpc) is 2.85. The van der Waals surface area contributed by atoms with Gasteiger partial charge in [0.25, 0.3) is 5.91 Å². The van der Waals surface area contributed by atoms with E-state index in [4.69, 9.17) is 27.9 Å². The molecule has 0 radical (unpaired) electrons. The molecule has 2 aromatic rings. The van der Waals surface area contributed by atoms with Crippen molar-refractivity contribution < 1.29 is 17.9 Å². The van der Waals surface area contributed by atoms with Gasteiger partial charge in [-0.3, -0.25) is 4.79 Å². The fraction of sp³-hybridized carbons (Fsp3) is 0.458. The first-order chi connectivity index (χ1) is 16.2. The monoisotopic (exact) mass is 525 g/mol. The van der Waals surface area contributed by atoms with E-state index >= 15 is 0 Å². The molecule has 2 aromatic carbocycles. The van der Waals surface area contributed by atoms with Crippen LogP contribution in [0.25, 0.3) is 0 Å². The minimum absolute atomic E-state index is 0.110. The Morgan fingerprint density at radius 2 is 1.74 bits per heavy atom. The topological polar surface area (TPSA) is 70.2 Å². The molecule has 34 heavy (non-hydrogen) atoms. The fourth-order valence-corrected chi connectivity index (χ4v) is 6.47. The predicted octanol–water partition coefficient (Wildman–Crippen LogP) is 4.39. The number of methoxy groups -OCH3 is 1. The molecule has 184 valence electrons. The lowest BCUT2D eigenvalue weighted by Gasteiger charge is -2.37. The van der Waals surface area contributed by atoms with Gasteiger partial charge < -0.3 is 14.5 Å². The first-order valence-electron chi connectivity index (χ1n) is 11.4. The third-order valence-electron chi connectivity index (χ3n) is 6.48. The molecule has 2 heterocycles. The zero-order valence-corrected chi connectivity index (χ0v) is 21.7. The molecule has 1 amide bonds. The van der Waals surface area contributed by atoms with Gasteiger partial charge in [0, 0.05) is 44.8 Å². The molecule has 0 unspecified atom stereocenters. The van der Waals surface area contributed by atoms with Crippen LogP contribution in [0.15, 0.2) is 41.3 Å². The molecule has 0 aromatic heterocycles. The molecule has 1 atom stereocenters. The molecule has 2 fully saturated rings. The summed E-state index contributed by atoms with van der Waals surface area (Å²) in [5.74, 6) is 0.846. The standard InChI is InChI=1S/C24H29Cl2N3O4S/c1-17-4-3-9-29(16-17)34(31,32)19-6-8-23(33-2)22(15-19)27-10-12-28(13-11-27)24(30)18-5-7-20(25)21(26)14-18/h5-8,14-15,17H,3-4,9-13,16H2,1-2H3/t17-/m1/s1. The number of ether oxygens (including phenoxy) is 1. The molecule has 4 rings (SSSR count). The zero-order chi connectivity index (χ0) is 24.5. The third-order valence-corrected chi connectivity index (χ3v) is 9.08. The van der Waals surface area contributed by atoms with Gasteiger partial charge in [0.05, 0.1) is 27.7 Å². The molecule has 0 N–H and O–H groups in total. The first-order valence-corrected chi connectivity index (χ1v) is 13.6. The quantitative estimate of drug-likeness (QED) is 0.579. The maximum Gasteiger partial charge on any atom is 0.254 e. The van der Waals surface area contributed by atoms with Gasteiger partial charge in [-0.2, -0.15) is 4.31 Å². The highest BCUT2D eigenvalue weighted by atomic mass is 35.5. The second-order valence-electron chi connectivity index (χ2n) is 8.85. The number of sulfonamides is 1. The lowest BCUT2D eigenvalue weighted by molar-refractivity contribution is 0.0746. The molecule has 0 spiro atoms. The van der Waals surface area contributed by atoms with Crippen molar-refractivity contribution >= 4 is 44.8 Å². The third kappa shape index (κ3) is 5.15. The van der Waals surface area contributed by atoms with E-state index in [0.29, 0.717) is 66.5 Å². The Kier molecular flexibility index (Phi) is 7.62. The number of halogens is 2. The Labute approximate surface area is 211 Å². The molecule has 2 aliphatic heterocycles. The Bertz CT molecular complexity index is 1170. The van der Waals surface area contributed by atoms with Gasteiger partial charge in [-0.15, -0.1) is 0 Å². The minimum atomic E-state index is -3.59. The molecule has 0 bridgehead atoms. The van der Waals surface area contributed by atoms with Crippen molar-refractivity contribution in [3.63, 3.8) is 0 Å². The van der Waals surface area contributed by atoms with Gasteiger partial charge in [-0.05, 0) is 55.2 Å². The van der Waals surface area contributed by atoms with Crippen LogP contribution in [0.4, 0.5) is 5.69 Å². The van der Waals surface area contributed by atoms with Gasteiger partial charge in [-0.1, -0.05) is 30.1 Å². The molecular weight excluding hydrogens is 497 g/mol. The van der Waals surface area contributed by atoms with Crippen LogP contribution < -0.4 is 9.64 Å². The smallest absolute Gasteiger partial charge is 0.254 e. The number of carbonyl (C=O) groups excluding carboxylic acids is 1. The molecular formula is C24H29Cl2N3O4S. The number of anilines is 1. The van der Waals surface area contributed by atoms with Crippen LogP contribution in [-0.2, 0) is 10.0 Å². The van der Waals surface area contributed by atoms with Crippen LogP contribution in [0, 0.1) is 5.92 Å². The maximum atomic E-state index is 13.3. The molecule has 10 heteroatoms. The van der Waals surface area contributed by atoms with Crippen LogP contribution in [-0.4, -0.2) is 69.9 Å². The molecule has 0 aliphatic carbocycles. The van der Waals surface area contributed by atoms with Crippen LogP contribution >= 0.6 is 23.2 Å². The highest BCUT2D eigenvalue weighted by Gasteiger charge is 2.31. The van der Waals surface area contributed by atoms with E-state index in [0.717, 1.165) is 18.5 Å². The first kappa shape index (κ1) is 25.1. The second-order valence-corrected chi connectivity index (χ2v) is 11.6. The minimum Gasteiger partial charge on any atom is -0.495 e. The lowest BCUT2D eigenvalue weighted by Crippen LogP contribution is -2.49. The molecule has 0 saturated carbocycles. The van der Waals surface area contributed by atoms with Gasteiger partial charge in [0.15, 0.2) is 0 Å². The van der Waals surface area contributed by atoms with Crippen molar-refractivity contribution in [2.45, 2.75) is 24.7 Å². The number of carbonyl (C=O) groups is 1. The van der Waals surface area contributed by atoms with E-state index in [1.165, 1.54) is 0 Å². The van der Waals surface area contributed by atoms with Crippen molar-refractivity contribution in [1.82, 2.24) is 9.21 Å². The van der Waals surface area contributed by atoms with E-state index < -0.39 is 10.0 Å². The van der Waals surface area contributed by atoms with Crippen molar-refractivity contribution in [1.29, 1.82) is 0 Å². The highest BCUT2D eigenvalue weighted by molar-refractivity contribution is 7.89. The van der Waals surface area contributed by atoms with Gasteiger partial charge in [-0.25, -0.2) is 8.42 Å². The number of benzene rings is 2. The summed E-state index contributed by atoms with van der Waals surface area (Å²) in [7, 11) is -2.01. The molecule has 2 aliphatic rings. The van der Waals surface area contributed by atoms with Crippen molar-refractivity contribution in [2.75, 3.05) is 51.3 Å². The van der Waals surface area contributed by atoms with E-state index in [-0.39, 0.29) is 10.8 Å². The number of nitrogens with zero attached hydrogens (tertiary/aromatic N) is 3. The lowest BCUT2D eigenvalue weighted by atomic mass is 10.0. The Balaban J connectivity index is 1.51. The summed E-state index contributed by atoms with van der Waals surface area (Å²) in [5.41, 5.74) is 1.21. The van der Waals surface area contributed by atoms with E-state index in [1.807, 2.05) is 0 Å². The summed E-state index contributed by atoms with van der Waals surface area (Å²) < 4.78 is 33.7. The van der Waals surface area contributed by atoms with Crippen molar-refractivity contribution in [2.24, 2.45) is 5.92 Å². The maximum absolute atomic E-state index is 13.3. The normalized spacial score (nSPS) is 19.8. The Morgan fingerprint density at radius 1 is 1.00 bits per heavy atom. The summed E-state index contributed by atoms with van der Waals surface area (Å²) in [5, 5.41) is 0.751. The van der Waals surface area contributed by atoms with Gasteiger partial charge in [0.1, 0.15) is 5.75 Å². The highest BCUT2D eigenvalue weighted by Crippen LogP contribution is 2.34. The Hall–Kier alpha value is -2.00. The fourth-order valence-electron chi connectivity index (χ4n) is 4.55. The second kappa shape index (κ2) is 10.3. The molecule has 7 nitrogen and oxygen atoms in total. The number of rotatable bonds is 5. The van der Waals surface area contributed by atoms with Crippen LogP contribution in [0.3, 0.4) is 0 Å². The van der Waals surface area contributed by atoms with Gasteiger partial charge in [0.2, 0.25) is 10.0 Å². The van der Waals surface area contributed by atoms with Crippen LogP contribution in [0.1, 0.15) is 30.1 Å². The molecule has 2 saturated heterocycles. The van der Waals surface area contributed by atoms with E-state index in [9.17, 15) is 13.2 Å². The van der Waals surface area contributed by atoms with E-state index in [1.54, 1.807) is 52.7 Å². The van der Waals surface area contributed by atoms with Crippen LogP contribution in [0.2, 0.25) is 10.0 Å². The summed E-state index contributed by atoms with van der Waals surface area (Å²) in [6, 6.07) is 9.89. The summed E-state index contributed by atoms with van der Waals surface area (Å²) in [4.78, 5) is 17.0. The number of hydrogen-bond acceptors (Lipinski definition) is 5. The largest absolute Gasteiger partial charge is 0.495 e. The Morgan fingerprint density at radius 3 is 2.38 bits per heavy atom. The zero-order valence-electron chi connectivity index (χ0n) is 19.3. The summed E-state index contributed by atoms with van der Waals surface area (Å²) in [6.45, 7) is 5.25. The van der Waals surface area contributed by atoms with Crippen LogP contribution in [0.5, 0.6) is 5.75 Å². The van der Waals surface area contributed by atoms with Crippen molar-refractivity contribution in [3.8, 4) is 5.75 Å². The number of piperazine rings is 1. The number of amides is 1.